The zero-order chi connectivity index (χ0) is 19.0. The van der Waals surface area contributed by atoms with Crippen LogP contribution in [0.2, 0.25) is 0 Å². The van der Waals surface area contributed by atoms with Gasteiger partial charge in [0.05, 0.1) is 12.2 Å². The van der Waals surface area contributed by atoms with E-state index in [0.717, 1.165) is 24.1 Å². The highest BCUT2D eigenvalue weighted by Gasteiger charge is 2.30. The van der Waals surface area contributed by atoms with E-state index in [9.17, 15) is 14.0 Å². The third kappa shape index (κ3) is 2.97. The molecule has 0 saturated carbocycles. The summed E-state index contributed by atoms with van der Waals surface area (Å²) >= 11 is 0. The van der Waals surface area contributed by atoms with E-state index in [0.29, 0.717) is 36.7 Å². The summed E-state index contributed by atoms with van der Waals surface area (Å²) in [5.41, 5.74) is 2.73. The van der Waals surface area contributed by atoms with Crippen LogP contribution in [0.15, 0.2) is 49.1 Å². The predicted octanol–water partition coefficient (Wildman–Crippen LogP) is 3.33. The van der Waals surface area contributed by atoms with Gasteiger partial charge in [0.15, 0.2) is 0 Å². The van der Waals surface area contributed by atoms with E-state index in [1.54, 1.807) is 28.0 Å². The molecule has 2 aromatic rings. The van der Waals surface area contributed by atoms with Crippen molar-refractivity contribution in [2.75, 3.05) is 29.5 Å². The van der Waals surface area contributed by atoms with Crippen LogP contribution in [0.4, 0.5) is 15.8 Å². The third-order valence-corrected chi connectivity index (χ3v) is 4.95. The largest absolute Gasteiger partial charge is 0.489 e. The fourth-order valence-corrected chi connectivity index (χ4v) is 3.71. The van der Waals surface area contributed by atoms with Gasteiger partial charge in [-0.1, -0.05) is 12.6 Å². The molecule has 6 heteroatoms. The van der Waals surface area contributed by atoms with Crippen molar-refractivity contribution in [3.05, 3.63) is 66.0 Å². The van der Waals surface area contributed by atoms with Gasteiger partial charge in [0.25, 0.3) is 5.91 Å². The lowest BCUT2D eigenvalue weighted by molar-refractivity contribution is -0.114. The number of fused-ring (bicyclic) bond motifs is 2. The maximum absolute atomic E-state index is 13.5. The van der Waals surface area contributed by atoms with Gasteiger partial charge in [0.1, 0.15) is 18.2 Å². The van der Waals surface area contributed by atoms with Crippen molar-refractivity contribution in [3.63, 3.8) is 0 Å². The summed E-state index contributed by atoms with van der Waals surface area (Å²) in [6.07, 6.45) is 2.79. The van der Waals surface area contributed by atoms with Crippen molar-refractivity contribution >= 4 is 23.2 Å². The number of benzene rings is 2. The lowest BCUT2D eigenvalue weighted by atomic mass is 9.95. The minimum Gasteiger partial charge on any atom is -0.489 e. The molecule has 0 aliphatic carbocycles. The normalized spacial score (nSPS) is 15.4. The molecule has 0 bridgehead atoms. The first-order valence-corrected chi connectivity index (χ1v) is 8.90. The average molecular weight is 366 g/mol. The van der Waals surface area contributed by atoms with Crippen LogP contribution in [-0.2, 0) is 11.2 Å². The van der Waals surface area contributed by atoms with Crippen LogP contribution in [0.3, 0.4) is 0 Å². The van der Waals surface area contributed by atoms with E-state index in [1.807, 2.05) is 6.07 Å². The summed E-state index contributed by atoms with van der Waals surface area (Å²) in [4.78, 5) is 28.8. The highest BCUT2D eigenvalue weighted by Crippen LogP contribution is 2.35. The quantitative estimate of drug-likeness (QED) is 0.766. The summed E-state index contributed by atoms with van der Waals surface area (Å²) in [5, 5.41) is 0. The van der Waals surface area contributed by atoms with Crippen molar-refractivity contribution in [1.29, 1.82) is 0 Å². The summed E-state index contributed by atoms with van der Waals surface area (Å²) in [6.45, 7) is 4.86. The van der Waals surface area contributed by atoms with Crippen LogP contribution in [-0.4, -0.2) is 31.5 Å². The molecule has 0 spiro atoms. The third-order valence-electron chi connectivity index (χ3n) is 4.95. The van der Waals surface area contributed by atoms with Gasteiger partial charge in [0.2, 0.25) is 5.91 Å². The van der Waals surface area contributed by atoms with Crippen LogP contribution in [0.25, 0.3) is 0 Å². The maximum Gasteiger partial charge on any atom is 0.258 e. The van der Waals surface area contributed by atoms with Crippen LogP contribution in [0.5, 0.6) is 5.75 Å². The molecule has 0 saturated heterocycles. The molecule has 0 atom stereocenters. The molecular formula is C21H19FN2O3. The number of carbonyl (C=O) groups excluding carboxylic acids is 2. The number of nitrogens with zero attached hydrogens (tertiary/aromatic N) is 2. The Morgan fingerprint density at radius 2 is 1.96 bits per heavy atom. The molecule has 138 valence electrons. The zero-order valence-electron chi connectivity index (χ0n) is 14.8. The van der Waals surface area contributed by atoms with Gasteiger partial charge in [-0.3, -0.25) is 9.59 Å². The Balaban J connectivity index is 1.74. The molecule has 0 unspecified atom stereocenters. The van der Waals surface area contributed by atoms with Gasteiger partial charge in [-0.05, 0) is 48.7 Å². The second kappa shape index (κ2) is 6.87. The molecule has 2 aromatic carbocycles. The van der Waals surface area contributed by atoms with Crippen LogP contribution in [0.1, 0.15) is 22.3 Å². The lowest BCUT2D eigenvalue weighted by Crippen LogP contribution is -2.40. The first-order chi connectivity index (χ1) is 13.1. The number of ether oxygens (including phenoxy) is 1. The number of anilines is 2. The van der Waals surface area contributed by atoms with Gasteiger partial charge in [0, 0.05) is 23.9 Å². The molecule has 4 rings (SSSR count). The molecule has 0 fully saturated rings. The lowest BCUT2D eigenvalue weighted by Gasteiger charge is -2.33. The zero-order valence-corrected chi connectivity index (χ0v) is 14.8. The highest BCUT2D eigenvalue weighted by molar-refractivity contribution is 6.10. The summed E-state index contributed by atoms with van der Waals surface area (Å²) in [6, 6.07) is 9.59. The maximum atomic E-state index is 13.5. The second-order valence-electron chi connectivity index (χ2n) is 6.52. The van der Waals surface area contributed by atoms with Gasteiger partial charge >= 0.3 is 0 Å². The van der Waals surface area contributed by atoms with E-state index in [4.69, 9.17) is 4.74 Å². The standard InChI is InChI=1S/C21H19FN2O3/c1-2-20(25)23-10-4-6-15-16(5-3-7-17(15)23)21(26)24-11-12-27-19-13-14(22)8-9-18(19)24/h2-3,5,7-9,13H,1,4,6,10-12H2. The molecular weight excluding hydrogens is 347 g/mol. The smallest absolute Gasteiger partial charge is 0.258 e. The number of hydrogen-bond acceptors (Lipinski definition) is 3. The Morgan fingerprint density at radius 1 is 1.11 bits per heavy atom. The number of carbonyl (C=O) groups is 2. The van der Waals surface area contributed by atoms with E-state index in [-0.39, 0.29) is 11.8 Å². The van der Waals surface area contributed by atoms with Crippen LogP contribution >= 0.6 is 0 Å². The number of amides is 2. The first-order valence-electron chi connectivity index (χ1n) is 8.90. The second-order valence-corrected chi connectivity index (χ2v) is 6.52. The first kappa shape index (κ1) is 17.3. The highest BCUT2D eigenvalue weighted by atomic mass is 19.1. The molecule has 2 heterocycles. The monoisotopic (exact) mass is 366 g/mol. The molecule has 0 N–H and O–H groups in total. The van der Waals surface area contributed by atoms with Crippen molar-refractivity contribution < 1.29 is 18.7 Å². The van der Waals surface area contributed by atoms with E-state index >= 15 is 0 Å². The molecule has 0 aromatic heterocycles. The van der Waals surface area contributed by atoms with E-state index in [1.165, 1.54) is 18.2 Å². The number of halogens is 1. The van der Waals surface area contributed by atoms with E-state index < -0.39 is 5.82 Å². The summed E-state index contributed by atoms with van der Waals surface area (Å²) in [5.74, 6) is -0.384. The molecule has 2 amide bonds. The predicted molar refractivity (Wildman–Crippen MR) is 101 cm³/mol. The Morgan fingerprint density at radius 3 is 2.78 bits per heavy atom. The summed E-state index contributed by atoms with van der Waals surface area (Å²) < 4.78 is 19.0. The SMILES string of the molecule is C=CC(=O)N1CCCc2c(C(=O)N3CCOc4cc(F)ccc43)cccc21. The average Bonchev–Trinajstić information content (AvgIpc) is 2.71. The molecule has 2 aliphatic rings. The summed E-state index contributed by atoms with van der Waals surface area (Å²) in [7, 11) is 0. The topological polar surface area (TPSA) is 49.9 Å². The van der Waals surface area contributed by atoms with Gasteiger partial charge in [-0.15, -0.1) is 0 Å². The Kier molecular flexibility index (Phi) is 4.39. The van der Waals surface area contributed by atoms with E-state index in [2.05, 4.69) is 6.58 Å². The van der Waals surface area contributed by atoms with Crippen LogP contribution < -0.4 is 14.5 Å². The van der Waals surface area contributed by atoms with Gasteiger partial charge < -0.3 is 14.5 Å². The molecule has 0 radical (unpaired) electrons. The van der Waals surface area contributed by atoms with Crippen molar-refractivity contribution in [3.8, 4) is 5.75 Å². The number of rotatable bonds is 2. The Bertz CT molecular complexity index is 941. The minimum absolute atomic E-state index is 0.170. The molecule has 27 heavy (non-hydrogen) atoms. The van der Waals surface area contributed by atoms with Crippen molar-refractivity contribution in [1.82, 2.24) is 0 Å². The Hall–Kier alpha value is -3.15. The van der Waals surface area contributed by atoms with Gasteiger partial charge in [-0.25, -0.2) is 4.39 Å². The fraction of sp³-hybridized carbons (Fsp3) is 0.238. The molecule has 5 nitrogen and oxygen atoms in total. The van der Waals surface area contributed by atoms with Gasteiger partial charge in [-0.2, -0.15) is 0 Å². The molecule has 2 aliphatic heterocycles. The minimum atomic E-state index is -0.404. The van der Waals surface area contributed by atoms with Crippen molar-refractivity contribution in [2.24, 2.45) is 0 Å². The Labute approximate surface area is 156 Å². The number of hydrogen-bond donors (Lipinski definition) is 0. The van der Waals surface area contributed by atoms with Crippen LogP contribution in [0, 0.1) is 5.82 Å². The fourth-order valence-electron chi connectivity index (χ4n) is 3.71. The van der Waals surface area contributed by atoms with Crippen molar-refractivity contribution in [2.45, 2.75) is 12.8 Å².